The first-order valence-electron chi connectivity index (χ1n) is 24.7. The number of likely N-dealkylation sites (N-methyl/N-ethyl adjacent to an activating group) is 6. The zero-order chi connectivity index (χ0) is 46.7. The number of halogens is 1. The second-order valence-corrected chi connectivity index (χ2v) is 24.3. The summed E-state index contributed by atoms with van der Waals surface area (Å²) >= 11 is 5.87. The number of pyridine rings is 2. The summed E-state index contributed by atoms with van der Waals surface area (Å²) in [6.07, 6.45) is 11.7. The number of piperazine rings is 6. The van der Waals surface area contributed by atoms with Gasteiger partial charge in [0.05, 0.1) is 11.0 Å². The summed E-state index contributed by atoms with van der Waals surface area (Å²) in [6, 6.07) is 12.1. The summed E-state index contributed by atoms with van der Waals surface area (Å²) in [5.74, 6) is 0. The molecule has 0 saturated carbocycles. The maximum Gasteiger partial charge on any atom is 0.0964 e. The Morgan fingerprint density at radius 3 is 0.742 bits per heavy atom. The van der Waals surface area contributed by atoms with Crippen LogP contribution in [0.3, 0.4) is 0 Å². The number of nitrogens with zero attached hydrogens (tertiary/aromatic N) is 14. The monoisotopic (exact) mass is 1110 g/mol. The fourth-order valence-corrected chi connectivity index (χ4v) is 15.2. The summed E-state index contributed by atoms with van der Waals surface area (Å²) in [4.78, 5) is 40.0. The first-order valence-corrected chi connectivity index (χ1v) is 31.5. The second-order valence-electron chi connectivity index (χ2n) is 19.9. The van der Waals surface area contributed by atoms with E-state index in [9.17, 15) is 0 Å². The average Bonchev–Trinajstić information content (AvgIpc) is 3.34. The first-order chi connectivity index (χ1) is 32.1. The Hall–Kier alpha value is -0.331. The van der Waals surface area contributed by atoms with Crippen molar-refractivity contribution in [2.24, 2.45) is 0 Å². The van der Waals surface area contributed by atoms with Crippen molar-refractivity contribution < 1.29 is 12.8 Å². The number of rotatable bonds is 12. The Kier molecular flexibility index (Phi) is 24.9. The molecule has 6 aliphatic rings. The van der Waals surface area contributed by atoms with Gasteiger partial charge in [0.1, 0.15) is 0 Å². The van der Waals surface area contributed by atoms with Crippen molar-refractivity contribution in [1.82, 2.24) is 68.8 Å². The molecule has 8 heterocycles. The zero-order valence-electron chi connectivity index (χ0n) is 41.7. The molecule has 0 spiro atoms. The average molecular weight is 1110 g/mol. The van der Waals surface area contributed by atoms with Crippen LogP contribution in [0.5, 0.6) is 0 Å². The van der Waals surface area contributed by atoms with Crippen LogP contribution in [0.25, 0.3) is 21.8 Å². The third-order valence-electron chi connectivity index (χ3n) is 14.3. The molecule has 0 N–H and O–H groups in total. The van der Waals surface area contributed by atoms with E-state index in [2.05, 4.69) is 148 Å². The van der Waals surface area contributed by atoms with E-state index in [-0.39, 0.29) is 15.8 Å². The molecule has 6 aliphatic heterocycles. The molecule has 0 bridgehead atoms. The Labute approximate surface area is 422 Å². The number of hydrogen-bond acceptors (Lipinski definition) is 14. The molecule has 0 amide bonds. The van der Waals surface area contributed by atoms with E-state index >= 15 is 0 Å². The fourth-order valence-electron chi connectivity index (χ4n) is 9.58. The van der Waals surface area contributed by atoms with E-state index in [1.807, 2.05) is 12.1 Å². The van der Waals surface area contributed by atoms with Gasteiger partial charge < -0.3 is 29.4 Å². The number of hydrogen-bond donors (Lipinski definition) is 0. The van der Waals surface area contributed by atoms with Crippen LogP contribution in [-0.2, 0) is 12.8 Å². The topological polar surface area (TPSA) is 64.7 Å². The molecule has 6 saturated heterocycles. The van der Waals surface area contributed by atoms with Crippen LogP contribution in [0.1, 0.15) is 0 Å². The van der Waals surface area contributed by atoms with Crippen LogP contribution in [-0.4, -0.2) is 306 Å². The molecule has 6 fully saturated rings. The van der Waals surface area contributed by atoms with Gasteiger partial charge in [-0.05, 0) is 54.4 Å². The molecule has 66 heavy (non-hydrogen) atoms. The van der Waals surface area contributed by atoms with Gasteiger partial charge in [-0.2, -0.15) is 0 Å². The number of benzene rings is 1. The Balaban J connectivity index is 0.000000166. The summed E-state index contributed by atoms with van der Waals surface area (Å²) in [6.45, 7) is 30.1. The molecule has 3 aromatic rings. The normalized spacial score (nSPS) is 23.1. The predicted octanol–water partition coefficient (Wildman–Crippen LogP) is 3.83. The largest absolute Gasteiger partial charge is 0.254 e. The van der Waals surface area contributed by atoms with Crippen molar-refractivity contribution in [2.45, 2.75) is 0 Å². The van der Waals surface area contributed by atoms with E-state index in [1.165, 1.54) is 195 Å². The predicted molar refractivity (Wildman–Crippen MR) is 289 cm³/mol. The minimum Gasteiger partial charge on any atom is -0.254 e. The van der Waals surface area contributed by atoms with Gasteiger partial charge in [-0.15, -0.1) is 0 Å². The third kappa shape index (κ3) is 19.0. The van der Waals surface area contributed by atoms with Crippen molar-refractivity contribution in [2.75, 3.05) is 237 Å². The Bertz CT molecular complexity index is 1520. The molecule has 18 heteroatoms. The van der Waals surface area contributed by atoms with E-state index in [0.29, 0.717) is 0 Å². The first kappa shape index (κ1) is 55.0. The molecule has 0 aliphatic carbocycles. The van der Waals surface area contributed by atoms with Crippen LogP contribution in [0, 0.1) is 0 Å². The summed E-state index contributed by atoms with van der Waals surface area (Å²) in [5, 5.41) is 2.28. The van der Waals surface area contributed by atoms with Crippen LogP contribution in [0.4, 0.5) is 0 Å². The second kappa shape index (κ2) is 29.9. The SMILES string of the molecule is CN1CCN(CP(CN2CCN(C)CC2)CN2CCN(C)CC2)CC1.CN1CCN(CP(CN2CCN(C)CC2)CN2CCN(C)CC2)CC1.[Cu][I].c1cnc2c(c1)ccc1cccnc12. The maximum absolute atomic E-state index is 4.35. The van der Waals surface area contributed by atoms with E-state index in [4.69, 9.17) is 0 Å². The molecular weight excluding hydrogens is 1030 g/mol. The van der Waals surface area contributed by atoms with Gasteiger partial charge in [-0.25, -0.2) is 0 Å². The van der Waals surface area contributed by atoms with Gasteiger partial charge in [0, 0.05) is 218 Å². The van der Waals surface area contributed by atoms with Crippen molar-refractivity contribution in [1.29, 1.82) is 0 Å². The van der Waals surface area contributed by atoms with Crippen LogP contribution >= 0.6 is 36.2 Å². The fraction of sp³-hybridized carbons (Fsp3) is 0.750. The van der Waals surface area contributed by atoms with Crippen molar-refractivity contribution in [3.05, 3.63) is 48.8 Å². The minimum absolute atomic E-state index is 0.0502. The van der Waals surface area contributed by atoms with Gasteiger partial charge in [0.25, 0.3) is 0 Å². The minimum atomic E-state index is 0.0502. The van der Waals surface area contributed by atoms with Crippen LogP contribution < -0.4 is 0 Å². The van der Waals surface area contributed by atoms with E-state index in [1.54, 1.807) is 32.7 Å². The molecule has 0 atom stereocenters. The number of aromatic nitrogens is 2. The van der Waals surface area contributed by atoms with E-state index in [0.717, 1.165) is 21.8 Å². The quantitative estimate of drug-likeness (QED) is 0.114. The van der Waals surface area contributed by atoms with Gasteiger partial charge in [0.2, 0.25) is 0 Å². The molecule has 0 unspecified atom stereocenters. The Morgan fingerprint density at radius 1 is 0.348 bits per heavy atom. The smallest absolute Gasteiger partial charge is 0.0964 e. The van der Waals surface area contributed by atoms with Crippen molar-refractivity contribution in [3.63, 3.8) is 0 Å². The van der Waals surface area contributed by atoms with Gasteiger partial charge >= 0.3 is 33.1 Å². The molecule has 1 aromatic carbocycles. The standard InChI is InChI=1S/2C18H39N6P.C12H8N2.Cu.HI/c2*1-19-4-10-22(11-5-19)16-25(17-23-12-6-20(2)7-13-23)18-24-14-8-21(3)9-15-24;1-3-9-5-6-10-4-2-8-14-12(10)11(9)13-7-1;;/h2*4-18H2,1-3H3;1-8H;;1H/q;;;+1;/p-1. The summed E-state index contributed by atoms with van der Waals surface area (Å²) in [5.41, 5.74) is 1.95. The van der Waals surface area contributed by atoms with Crippen LogP contribution in [0.15, 0.2) is 48.8 Å². The number of fused-ring (bicyclic) bond motifs is 3. The van der Waals surface area contributed by atoms with Gasteiger partial charge in [-0.1, -0.05) is 40.1 Å². The Morgan fingerprint density at radius 2 is 0.545 bits per heavy atom. The summed E-state index contributed by atoms with van der Waals surface area (Å²) < 4.78 is 0. The zero-order valence-corrected chi connectivity index (χ0v) is 46.6. The molecule has 14 nitrogen and oxygen atoms in total. The molecule has 9 rings (SSSR count). The molecule has 0 radical (unpaired) electrons. The van der Waals surface area contributed by atoms with Crippen LogP contribution in [0.2, 0.25) is 0 Å². The van der Waals surface area contributed by atoms with Crippen molar-refractivity contribution >= 4 is 58.0 Å². The van der Waals surface area contributed by atoms with Gasteiger partial charge in [-0.3, -0.25) is 39.4 Å². The van der Waals surface area contributed by atoms with Crippen molar-refractivity contribution in [3.8, 4) is 0 Å². The molecule has 2 aromatic heterocycles. The summed E-state index contributed by atoms with van der Waals surface area (Å²) in [7, 11) is 13.7. The maximum atomic E-state index is 4.35. The third-order valence-corrected chi connectivity index (χ3v) is 19.1. The van der Waals surface area contributed by atoms with E-state index < -0.39 is 0 Å². The molecule has 376 valence electrons. The van der Waals surface area contributed by atoms with Gasteiger partial charge in [0.15, 0.2) is 0 Å². The molecular formula is C48H86CuIN14P2.